The normalized spacial score (nSPS) is 24.0. The van der Waals surface area contributed by atoms with Crippen molar-refractivity contribution >= 4 is 24.0 Å². The van der Waals surface area contributed by atoms with Crippen LogP contribution < -0.4 is 5.32 Å². The summed E-state index contributed by atoms with van der Waals surface area (Å²) in [5.41, 5.74) is 1.09. The number of hydrogen-bond donors (Lipinski definition) is 1. The summed E-state index contributed by atoms with van der Waals surface area (Å²) in [6, 6.07) is 5.74. The lowest BCUT2D eigenvalue weighted by Crippen LogP contribution is -2.50. The molecule has 0 aromatic heterocycles. The minimum atomic E-state index is -0.339. The van der Waals surface area contributed by atoms with E-state index in [1.54, 1.807) is 6.07 Å². The Balaban J connectivity index is 0.00000161. The van der Waals surface area contributed by atoms with Crippen LogP contribution in [0.25, 0.3) is 0 Å². The molecule has 6 heteroatoms. The molecule has 118 valence electrons. The Kier molecular flexibility index (Phi) is 6.26. The van der Waals surface area contributed by atoms with Crippen molar-refractivity contribution in [2.24, 2.45) is 0 Å². The van der Waals surface area contributed by atoms with Gasteiger partial charge in [0.25, 0.3) is 0 Å². The first kappa shape index (κ1) is 17.0. The van der Waals surface area contributed by atoms with Crippen LogP contribution in [0.5, 0.6) is 0 Å². The van der Waals surface area contributed by atoms with Crippen LogP contribution >= 0.6 is 24.0 Å². The summed E-state index contributed by atoms with van der Waals surface area (Å²) in [6.07, 6.45) is 1.27. The predicted molar refractivity (Wildman–Crippen MR) is 86.8 cm³/mol. The number of nitrogens with one attached hydrogen (secondary N) is 1. The average Bonchev–Trinajstić information content (AvgIpc) is 2.98. The highest BCUT2D eigenvalue weighted by Crippen LogP contribution is 2.18. The molecular weight excluding hydrogens is 312 g/mol. The zero-order valence-electron chi connectivity index (χ0n) is 12.0. The van der Waals surface area contributed by atoms with Crippen molar-refractivity contribution in [3.8, 4) is 0 Å². The van der Waals surface area contributed by atoms with Gasteiger partial charge in [-0.25, -0.2) is 4.39 Å². The van der Waals surface area contributed by atoms with Crippen LogP contribution in [0, 0.1) is 5.82 Å². The fraction of sp³-hybridized carbons (Fsp3) is 0.600. The zero-order valence-corrected chi connectivity index (χ0v) is 13.6. The van der Waals surface area contributed by atoms with E-state index in [9.17, 15) is 4.39 Å². The second-order valence-corrected chi connectivity index (χ2v) is 6.11. The van der Waals surface area contributed by atoms with Crippen LogP contribution in [0.15, 0.2) is 18.2 Å². The standard InChI is InChI=1S/C15H21ClFN3.ClH/c16-14-9-12(1-2-15(14)17)11-19-5-7-20(8-6-19)13-3-4-18-10-13;/h1-2,9,13,18H,3-8,10-11H2;1H. The van der Waals surface area contributed by atoms with Crippen LogP contribution in [-0.4, -0.2) is 55.1 Å². The molecule has 0 amide bonds. The Morgan fingerprint density at radius 1 is 1.24 bits per heavy atom. The van der Waals surface area contributed by atoms with Gasteiger partial charge in [0.05, 0.1) is 5.02 Å². The highest BCUT2D eigenvalue weighted by Gasteiger charge is 2.25. The van der Waals surface area contributed by atoms with Gasteiger partial charge >= 0.3 is 0 Å². The molecule has 2 heterocycles. The molecule has 1 atom stereocenters. The van der Waals surface area contributed by atoms with E-state index in [4.69, 9.17) is 11.6 Å². The lowest BCUT2D eigenvalue weighted by molar-refractivity contribution is 0.0981. The monoisotopic (exact) mass is 333 g/mol. The molecule has 3 rings (SSSR count). The average molecular weight is 334 g/mol. The molecule has 1 aromatic rings. The molecule has 2 saturated heterocycles. The van der Waals surface area contributed by atoms with E-state index in [2.05, 4.69) is 15.1 Å². The van der Waals surface area contributed by atoms with E-state index < -0.39 is 0 Å². The van der Waals surface area contributed by atoms with Gasteiger partial charge in [-0.2, -0.15) is 0 Å². The zero-order chi connectivity index (χ0) is 13.9. The van der Waals surface area contributed by atoms with Crippen LogP contribution in [0.4, 0.5) is 4.39 Å². The van der Waals surface area contributed by atoms with Crippen molar-refractivity contribution in [3.63, 3.8) is 0 Å². The molecule has 21 heavy (non-hydrogen) atoms. The predicted octanol–water partition coefficient (Wildman–Crippen LogP) is 2.38. The number of benzene rings is 1. The van der Waals surface area contributed by atoms with Gasteiger partial charge in [0, 0.05) is 45.3 Å². The van der Waals surface area contributed by atoms with E-state index in [0.29, 0.717) is 0 Å². The van der Waals surface area contributed by atoms with Crippen molar-refractivity contribution in [2.45, 2.75) is 19.0 Å². The Bertz CT molecular complexity index is 458. The molecule has 2 aliphatic rings. The number of hydrogen-bond acceptors (Lipinski definition) is 3. The Morgan fingerprint density at radius 3 is 2.62 bits per heavy atom. The van der Waals surface area contributed by atoms with Crippen LogP contribution in [0.3, 0.4) is 0 Å². The summed E-state index contributed by atoms with van der Waals surface area (Å²) >= 11 is 5.83. The number of nitrogens with zero attached hydrogens (tertiary/aromatic N) is 2. The topological polar surface area (TPSA) is 18.5 Å². The lowest BCUT2D eigenvalue weighted by atomic mass is 10.1. The van der Waals surface area contributed by atoms with E-state index >= 15 is 0 Å². The Morgan fingerprint density at radius 2 is 2.00 bits per heavy atom. The van der Waals surface area contributed by atoms with Crippen LogP contribution in [0.2, 0.25) is 5.02 Å². The molecule has 3 nitrogen and oxygen atoms in total. The maximum atomic E-state index is 13.1. The fourth-order valence-corrected chi connectivity index (χ4v) is 3.34. The van der Waals surface area contributed by atoms with Crippen molar-refractivity contribution in [1.82, 2.24) is 15.1 Å². The molecule has 0 radical (unpaired) electrons. The molecule has 2 aliphatic heterocycles. The fourth-order valence-electron chi connectivity index (χ4n) is 3.13. The van der Waals surface area contributed by atoms with Gasteiger partial charge in [-0.3, -0.25) is 9.80 Å². The first-order valence-corrected chi connectivity index (χ1v) is 7.71. The van der Waals surface area contributed by atoms with Gasteiger partial charge in [0.1, 0.15) is 5.82 Å². The van der Waals surface area contributed by atoms with E-state index in [1.807, 2.05) is 6.07 Å². The molecule has 1 aromatic carbocycles. The second-order valence-electron chi connectivity index (χ2n) is 5.71. The summed E-state index contributed by atoms with van der Waals surface area (Å²) in [4.78, 5) is 5.01. The van der Waals surface area contributed by atoms with Crippen molar-refractivity contribution in [1.29, 1.82) is 0 Å². The number of rotatable bonds is 3. The number of piperazine rings is 1. The minimum Gasteiger partial charge on any atom is -0.315 e. The molecule has 0 aliphatic carbocycles. The third-order valence-electron chi connectivity index (χ3n) is 4.35. The van der Waals surface area contributed by atoms with E-state index in [-0.39, 0.29) is 23.2 Å². The Hall–Kier alpha value is -0.390. The highest BCUT2D eigenvalue weighted by atomic mass is 35.5. The summed E-state index contributed by atoms with van der Waals surface area (Å²) in [5, 5.41) is 3.65. The SMILES string of the molecule is Cl.Fc1ccc(CN2CCN(C3CCNC3)CC2)cc1Cl. The molecule has 0 bridgehead atoms. The summed E-state index contributed by atoms with van der Waals surface area (Å²) in [7, 11) is 0. The molecule has 0 spiro atoms. The van der Waals surface area contributed by atoms with Crippen LogP contribution in [0.1, 0.15) is 12.0 Å². The molecular formula is C15H22Cl2FN3. The largest absolute Gasteiger partial charge is 0.315 e. The first-order chi connectivity index (χ1) is 9.72. The molecule has 0 saturated carbocycles. The van der Waals surface area contributed by atoms with Gasteiger partial charge in [0.2, 0.25) is 0 Å². The van der Waals surface area contributed by atoms with Crippen molar-refractivity contribution in [2.75, 3.05) is 39.3 Å². The van der Waals surface area contributed by atoms with Gasteiger partial charge in [0.15, 0.2) is 0 Å². The van der Waals surface area contributed by atoms with Crippen LogP contribution in [-0.2, 0) is 6.54 Å². The molecule has 1 unspecified atom stereocenters. The third kappa shape index (κ3) is 4.30. The minimum absolute atomic E-state index is 0. The van der Waals surface area contributed by atoms with Gasteiger partial charge < -0.3 is 5.32 Å². The maximum absolute atomic E-state index is 13.1. The highest BCUT2D eigenvalue weighted by molar-refractivity contribution is 6.30. The first-order valence-electron chi connectivity index (χ1n) is 7.33. The lowest BCUT2D eigenvalue weighted by Gasteiger charge is -2.37. The smallest absolute Gasteiger partial charge is 0.141 e. The summed E-state index contributed by atoms with van der Waals surface area (Å²) in [6.45, 7) is 7.54. The second kappa shape index (κ2) is 7.75. The van der Waals surface area contributed by atoms with Gasteiger partial charge in [-0.1, -0.05) is 17.7 Å². The Labute approximate surface area is 136 Å². The van der Waals surface area contributed by atoms with Gasteiger partial charge in [-0.15, -0.1) is 12.4 Å². The summed E-state index contributed by atoms with van der Waals surface area (Å²) in [5.74, 6) is -0.339. The maximum Gasteiger partial charge on any atom is 0.141 e. The van der Waals surface area contributed by atoms with Crippen molar-refractivity contribution in [3.05, 3.63) is 34.6 Å². The quantitative estimate of drug-likeness (QED) is 0.916. The molecule has 2 fully saturated rings. The molecule has 1 N–H and O–H groups in total. The third-order valence-corrected chi connectivity index (χ3v) is 4.64. The number of halogens is 3. The van der Waals surface area contributed by atoms with E-state index in [0.717, 1.165) is 57.4 Å². The van der Waals surface area contributed by atoms with Gasteiger partial charge in [-0.05, 0) is 30.7 Å². The van der Waals surface area contributed by atoms with E-state index in [1.165, 1.54) is 12.5 Å². The summed E-state index contributed by atoms with van der Waals surface area (Å²) < 4.78 is 13.1. The van der Waals surface area contributed by atoms with Crippen molar-refractivity contribution < 1.29 is 4.39 Å².